The second-order valence-corrected chi connectivity index (χ2v) is 7.06. The highest BCUT2D eigenvalue weighted by Crippen LogP contribution is 2.24. The molecule has 24 heavy (non-hydrogen) atoms. The molecule has 1 amide bonds. The van der Waals surface area contributed by atoms with Crippen molar-refractivity contribution in [3.8, 4) is 0 Å². The van der Waals surface area contributed by atoms with Crippen LogP contribution in [0.25, 0.3) is 0 Å². The summed E-state index contributed by atoms with van der Waals surface area (Å²) in [7, 11) is 0. The lowest BCUT2D eigenvalue weighted by molar-refractivity contribution is -0.125. The van der Waals surface area contributed by atoms with Gasteiger partial charge in [0, 0.05) is 19.6 Å². The van der Waals surface area contributed by atoms with Gasteiger partial charge in [0.15, 0.2) is 0 Å². The zero-order valence-electron chi connectivity index (χ0n) is 14.8. The van der Waals surface area contributed by atoms with E-state index in [-0.39, 0.29) is 5.91 Å². The minimum atomic E-state index is -0.537. The highest BCUT2D eigenvalue weighted by atomic mass is 16.2. The smallest absolute Gasteiger partial charge is 0.230 e. The van der Waals surface area contributed by atoms with Gasteiger partial charge in [0.25, 0.3) is 0 Å². The summed E-state index contributed by atoms with van der Waals surface area (Å²) < 4.78 is 0. The van der Waals surface area contributed by atoms with Crippen LogP contribution in [-0.4, -0.2) is 5.91 Å². The van der Waals surface area contributed by atoms with Crippen LogP contribution in [0, 0.1) is 0 Å². The standard InChI is InChI=1S/C21H26N2O/c1-4-15-6-9-19(10-7-15)21(2,3)20(24)23-12-16-5-8-17-13-22-14-18(17)11-16/h5-11,22H,4,12-14H2,1-3H3,(H,23,24). The Labute approximate surface area is 144 Å². The predicted octanol–water partition coefficient (Wildman–Crippen LogP) is 3.45. The molecule has 0 atom stereocenters. The second kappa shape index (κ2) is 6.78. The average molecular weight is 322 g/mol. The lowest BCUT2D eigenvalue weighted by Gasteiger charge is -2.24. The molecule has 0 saturated heterocycles. The first-order valence-corrected chi connectivity index (χ1v) is 8.70. The normalized spacial score (nSPS) is 13.6. The first kappa shape index (κ1) is 16.7. The van der Waals surface area contributed by atoms with Crippen LogP contribution in [0.3, 0.4) is 0 Å². The highest BCUT2D eigenvalue weighted by molar-refractivity contribution is 5.87. The molecule has 2 N–H and O–H groups in total. The molecule has 0 aromatic heterocycles. The first-order chi connectivity index (χ1) is 11.5. The molecule has 1 aliphatic heterocycles. The number of fused-ring (bicyclic) bond motifs is 1. The molecule has 0 unspecified atom stereocenters. The van der Waals surface area contributed by atoms with Gasteiger partial charge in [-0.3, -0.25) is 4.79 Å². The minimum Gasteiger partial charge on any atom is -0.351 e. The van der Waals surface area contributed by atoms with E-state index < -0.39 is 5.41 Å². The van der Waals surface area contributed by atoms with E-state index in [1.165, 1.54) is 16.7 Å². The summed E-state index contributed by atoms with van der Waals surface area (Å²) in [6.45, 7) is 8.54. The van der Waals surface area contributed by atoms with Crippen molar-refractivity contribution in [2.45, 2.75) is 52.2 Å². The molecule has 0 spiro atoms. The Morgan fingerprint density at radius 3 is 2.42 bits per heavy atom. The molecule has 0 radical (unpaired) electrons. The van der Waals surface area contributed by atoms with Gasteiger partial charge in [-0.25, -0.2) is 0 Å². The molecule has 1 aliphatic rings. The third-order valence-corrected chi connectivity index (χ3v) is 5.01. The summed E-state index contributed by atoms with van der Waals surface area (Å²) in [6.07, 6.45) is 1.01. The van der Waals surface area contributed by atoms with Crippen LogP contribution < -0.4 is 10.6 Å². The van der Waals surface area contributed by atoms with Gasteiger partial charge in [0.1, 0.15) is 0 Å². The number of carbonyl (C=O) groups is 1. The molecular formula is C21H26N2O. The van der Waals surface area contributed by atoms with Crippen LogP contribution >= 0.6 is 0 Å². The third-order valence-electron chi connectivity index (χ3n) is 5.01. The van der Waals surface area contributed by atoms with Crippen molar-refractivity contribution in [1.29, 1.82) is 0 Å². The molecule has 2 aromatic carbocycles. The van der Waals surface area contributed by atoms with Gasteiger partial charge in [0.05, 0.1) is 5.41 Å². The van der Waals surface area contributed by atoms with E-state index in [4.69, 9.17) is 0 Å². The van der Waals surface area contributed by atoms with Gasteiger partial charge < -0.3 is 10.6 Å². The third kappa shape index (κ3) is 3.36. The summed E-state index contributed by atoms with van der Waals surface area (Å²) in [4.78, 5) is 12.7. The maximum Gasteiger partial charge on any atom is 0.230 e. The van der Waals surface area contributed by atoms with Gasteiger partial charge in [-0.05, 0) is 48.1 Å². The number of aryl methyl sites for hydroxylation is 1. The van der Waals surface area contributed by atoms with Gasteiger partial charge in [-0.2, -0.15) is 0 Å². The maximum absolute atomic E-state index is 12.7. The zero-order valence-corrected chi connectivity index (χ0v) is 14.8. The molecule has 0 saturated carbocycles. The van der Waals surface area contributed by atoms with Crippen LogP contribution in [0.2, 0.25) is 0 Å². The zero-order chi connectivity index (χ0) is 17.2. The van der Waals surface area contributed by atoms with Crippen molar-refractivity contribution in [3.63, 3.8) is 0 Å². The molecule has 3 nitrogen and oxygen atoms in total. The van der Waals surface area contributed by atoms with Gasteiger partial charge in [-0.1, -0.05) is 49.4 Å². The second-order valence-electron chi connectivity index (χ2n) is 7.06. The van der Waals surface area contributed by atoms with Gasteiger partial charge in [0.2, 0.25) is 5.91 Å². The molecule has 1 heterocycles. The number of benzene rings is 2. The van der Waals surface area contributed by atoms with Crippen molar-refractivity contribution in [1.82, 2.24) is 10.6 Å². The fourth-order valence-electron chi connectivity index (χ4n) is 3.15. The summed E-state index contributed by atoms with van der Waals surface area (Å²) in [6, 6.07) is 14.8. The topological polar surface area (TPSA) is 41.1 Å². The summed E-state index contributed by atoms with van der Waals surface area (Å²) in [5, 5.41) is 6.45. The van der Waals surface area contributed by atoms with E-state index in [9.17, 15) is 4.79 Å². The molecule has 3 heteroatoms. The van der Waals surface area contributed by atoms with Crippen LogP contribution in [0.4, 0.5) is 0 Å². The Kier molecular flexibility index (Phi) is 4.72. The highest BCUT2D eigenvalue weighted by Gasteiger charge is 2.29. The van der Waals surface area contributed by atoms with Gasteiger partial charge in [-0.15, -0.1) is 0 Å². The molecular weight excluding hydrogens is 296 g/mol. The van der Waals surface area contributed by atoms with Crippen molar-refractivity contribution in [2.24, 2.45) is 0 Å². The van der Waals surface area contributed by atoms with Crippen molar-refractivity contribution in [3.05, 3.63) is 70.3 Å². The molecule has 0 aliphatic carbocycles. The van der Waals surface area contributed by atoms with E-state index in [2.05, 4.69) is 60.0 Å². The SMILES string of the molecule is CCc1ccc(C(C)(C)C(=O)NCc2ccc3c(c2)CNC3)cc1. The fourth-order valence-corrected chi connectivity index (χ4v) is 3.15. The van der Waals surface area contributed by atoms with Gasteiger partial charge >= 0.3 is 0 Å². The molecule has 3 rings (SSSR count). The van der Waals surface area contributed by atoms with Crippen LogP contribution in [-0.2, 0) is 36.3 Å². The van der Waals surface area contributed by atoms with Crippen LogP contribution in [0.5, 0.6) is 0 Å². The number of hydrogen-bond donors (Lipinski definition) is 2. The van der Waals surface area contributed by atoms with E-state index in [1.54, 1.807) is 0 Å². The van der Waals surface area contributed by atoms with Crippen molar-refractivity contribution < 1.29 is 4.79 Å². The molecule has 126 valence electrons. The Hall–Kier alpha value is -2.13. The average Bonchev–Trinajstić information content (AvgIpc) is 3.07. The maximum atomic E-state index is 12.7. The van der Waals surface area contributed by atoms with Crippen LogP contribution in [0.1, 0.15) is 48.6 Å². The van der Waals surface area contributed by atoms with Crippen molar-refractivity contribution in [2.75, 3.05) is 0 Å². The number of hydrogen-bond acceptors (Lipinski definition) is 2. The Balaban J connectivity index is 1.66. The van der Waals surface area contributed by atoms with E-state index in [0.29, 0.717) is 6.54 Å². The monoisotopic (exact) mass is 322 g/mol. The van der Waals surface area contributed by atoms with Crippen LogP contribution in [0.15, 0.2) is 42.5 Å². The lowest BCUT2D eigenvalue weighted by Crippen LogP contribution is -2.39. The Morgan fingerprint density at radius 2 is 1.71 bits per heavy atom. The van der Waals surface area contributed by atoms with E-state index >= 15 is 0 Å². The number of amides is 1. The molecule has 0 fully saturated rings. The number of nitrogens with one attached hydrogen (secondary N) is 2. The Bertz CT molecular complexity index is 732. The fraction of sp³-hybridized carbons (Fsp3) is 0.381. The lowest BCUT2D eigenvalue weighted by atomic mass is 9.83. The number of rotatable bonds is 5. The summed E-state index contributed by atoms with van der Waals surface area (Å²) >= 11 is 0. The Morgan fingerprint density at radius 1 is 1.04 bits per heavy atom. The quantitative estimate of drug-likeness (QED) is 0.885. The van der Waals surface area contributed by atoms with E-state index in [1.807, 2.05) is 13.8 Å². The van der Waals surface area contributed by atoms with Crippen molar-refractivity contribution >= 4 is 5.91 Å². The first-order valence-electron chi connectivity index (χ1n) is 8.70. The molecule has 2 aromatic rings. The molecule has 0 bridgehead atoms. The summed E-state index contributed by atoms with van der Waals surface area (Å²) in [5.41, 5.74) is 5.67. The minimum absolute atomic E-state index is 0.0605. The predicted molar refractivity (Wildman–Crippen MR) is 97.7 cm³/mol. The largest absolute Gasteiger partial charge is 0.351 e. The summed E-state index contributed by atoms with van der Waals surface area (Å²) in [5.74, 6) is 0.0605. The number of carbonyl (C=O) groups excluding carboxylic acids is 1. The van der Waals surface area contributed by atoms with E-state index in [0.717, 1.165) is 30.6 Å².